The molecule has 0 spiro atoms. The van der Waals surface area contributed by atoms with Gasteiger partial charge in [-0.1, -0.05) is 19.1 Å². The van der Waals surface area contributed by atoms with E-state index in [4.69, 9.17) is 0 Å². The Morgan fingerprint density at radius 3 is 2.23 bits per heavy atom. The predicted molar refractivity (Wildman–Crippen MR) is 109 cm³/mol. The summed E-state index contributed by atoms with van der Waals surface area (Å²) < 4.78 is 60.8. The van der Waals surface area contributed by atoms with Gasteiger partial charge in [-0.3, -0.25) is 4.99 Å². The molecule has 0 aromatic heterocycles. The van der Waals surface area contributed by atoms with Gasteiger partial charge in [0.15, 0.2) is 15.8 Å². The minimum absolute atomic E-state index is 0. The van der Waals surface area contributed by atoms with Crippen LogP contribution in [-0.4, -0.2) is 50.9 Å². The first-order valence-electron chi connectivity index (χ1n) is 7.95. The molecule has 1 aromatic rings. The third-order valence-corrected chi connectivity index (χ3v) is 5.19. The number of sulfone groups is 1. The number of benzene rings is 1. The van der Waals surface area contributed by atoms with E-state index in [0.29, 0.717) is 24.6 Å². The molecular weight excluding hydrogens is 482 g/mol. The molecule has 0 saturated carbocycles. The molecule has 0 aliphatic carbocycles. The lowest BCUT2D eigenvalue weighted by molar-refractivity contribution is -0.137. The molecule has 0 saturated heterocycles. The number of guanidine groups is 1. The average Bonchev–Trinajstić information content (AvgIpc) is 2.53. The van der Waals surface area contributed by atoms with Gasteiger partial charge in [-0.15, -0.1) is 24.0 Å². The minimum Gasteiger partial charge on any atom is -0.357 e. The van der Waals surface area contributed by atoms with Crippen LogP contribution in [0.15, 0.2) is 29.3 Å². The lowest BCUT2D eigenvalue weighted by atomic mass is 10.1. The van der Waals surface area contributed by atoms with Gasteiger partial charge in [-0.2, -0.15) is 13.2 Å². The lowest BCUT2D eigenvalue weighted by Crippen LogP contribution is -2.38. The van der Waals surface area contributed by atoms with Crippen molar-refractivity contribution in [2.45, 2.75) is 26.6 Å². The Morgan fingerprint density at radius 1 is 1.19 bits per heavy atom. The second-order valence-corrected chi connectivity index (χ2v) is 8.00. The highest BCUT2D eigenvalue weighted by Crippen LogP contribution is 2.29. The summed E-state index contributed by atoms with van der Waals surface area (Å²) in [6, 6.07) is 4.93. The predicted octanol–water partition coefficient (Wildman–Crippen LogP) is 3.16. The van der Waals surface area contributed by atoms with E-state index in [1.54, 1.807) is 18.9 Å². The van der Waals surface area contributed by atoms with Crippen LogP contribution in [0, 0.1) is 0 Å². The second kappa shape index (κ2) is 11.0. The molecule has 1 rings (SSSR count). The summed E-state index contributed by atoms with van der Waals surface area (Å²) >= 11 is 0. The number of nitrogens with zero attached hydrogens (tertiary/aromatic N) is 2. The normalized spacial score (nSPS) is 12.5. The van der Waals surface area contributed by atoms with Crippen LogP contribution in [-0.2, 0) is 22.6 Å². The summed E-state index contributed by atoms with van der Waals surface area (Å²) in [6.45, 7) is 4.54. The topological polar surface area (TPSA) is 61.8 Å². The molecule has 0 unspecified atom stereocenters. The van der Waals surface area contributed by atoms with Gasteiger partial charge >= 0.3 is 6.18 Å². The number of aliphatic imine (C=N–C) groups is 1. The molecule has 0 heterocycles. The molecule has 5 nitrogen and oxygen atoms in total. The summed E-state index contributed by atoms with van der Waals surface area (Å²) in [5, 5.41) is 3.04. The van der Waals surface area contributed by atoms with Crippen LogP contribution in [0.25, 0.3) is 0 Å². The van der Waals surface area contributed by atoms with Crippen molar-refractivity contribution in [3.63, 3.8) is 0 Å². The molecule has 0 aliphatic rings. The van der Waals surface area contributed by atoms with Crippen LogP contribution in [0.2, 0.25) is 0 Å². The van der Waals surface area contributed by atoms with E-state index in [1.165, 1.54) is 12.1 Å². The van der Waals surface area contributed by atoms with Gasteiger partial charge in [-0.25, -0.2) is 8.42 Å². The van der Waals surface area contributed by atoms with Crippen LogP contribution in [0.3, 0.4) is 0 Å². The zero-order chi connectivity index (χ0) is 19.1. The van der Waals surface area contributed by atoms with E-state index >= 15 is 0 Å². The Balaban J connectivity index is 0.00000625. The van der Waals surface area contributed by atoms with Crippen LogP contribution in [0.5, 0.6) is 0 Å². The molecular formula is C16H25F3IN3O2S. The van der Waals surface area contributed by atoms with Crippen LogP contribution < -0.4 is 5.32 Å². The fourth-order valence-electron chi connectivity index (χ4n) is 2.05. The molecule has 0 atom stereocenters. The third kappa shape index (κ3) is 8.56. The molecule has 0 bridgehead atoms. The Labute approximate surface area is 170 Å². The number of rotatable bonds is 7. The van der Waals surface area contributed by atoms with E-state index < -0.39 is 21.6 Å². The van der Waals surface area contributed by atoms with Gasteiger partial charge in [0, 0.05) is 25.9 Å². The maximum atomic E-state index is 12.6. The Kier molecular flexibility index (Phi) is 10.5. The second-order valence-electron chi connectivity index (χ2n) is 5.52. The van der Waals surface area contributed by atoms with E-state index in [-0.39, 0.29) is 42.0 Å². The quantitative estimate of drug-likeness (QED) is 0.350. The van der Waals surface area contributed by atoms with Crippen molar-refractivity contribution >= 4 is 39.8 Å². The maximum Gasteiger partial charge on any atom is 0.416 e. The highest BCUT2D eigenvalue weighted by molar-refractivity contribution is 14.0. The van der Waals surface area contributed by atoms with Gasteiger partial charge in [0.25, 0.3) is 0 Å². The van der Waals surface area contributed by atoms with E-state index in [1.807, 2.05) is 6.92 Å². The molecule has 0 fully saturated rings. The number of halogens is 4. The summed E-state index contributed by atoms with van der Waals surface area (Å²) in [4.78, 5) is 6.01. The monoisotopic (exact) mass is 507 g/mol. The van der Waals surface area contributed by atoms with E-state index in [9.17, 15) is 21.6 Å². The van der Waals surface area contributed by atoms with Crippen molar-refractivity contribution in [2.75, 3.05) is 31.6 Å². The number of hydrogen-bond acceptors (Lipinski definition) is 3. The SMILES string of the molecule is CCNC(=NCCS(=O)(=O)CC)N(C)Cc1ccc(C(F)(F)F)cc1.I. The van der Waals surface area contributed by atoms with Crippen LogP contribution in [0.4, 0.5) is 13.2 Å². The van der Waals surface area contributed by atoms with Crippen molar-refractivity contribution in [1.82, 2.24) is 10.2 Å². The Hall–Kier alpha value is -1.04. The minimum atomic E-state index is -4.36. The highest BCUT2D eigenvalue weighted by Gasteiger charge is 2.29. The lowest BCUT2D eigenvalue weighted by Gasteiger charge is -2.22. The van der Waals surface area contributed by atoms with Gasteiger partial charge in [0.05, 0.1) is 17.9 Å². The van der Waals surface area contributed by atoms with Crippen LogP contribution >= 0.6 is 24.0 Å². The zero-order valence-electron chi connectivity index (χ0n) is 15.0. The van der Waals surface area contributed by atoms with Crippen molar-refractivity contribution in [3.8, 4) is 0 Å². The molecule has 0 radical (unpaired) electrons. The van der Waals surface area contributed by atoms with Crippen molar-refractivity contribution in [1.29, 1.82) is 0 Å². The van der Waals surface area contributed by atoms with Gasteiger partial charge < -0.3 is 10.2 Å². The smallest absolute Gasteiger partial charge is 0.357 e. The molecule has 10 heteroatoms. The summed E-state index contributed by atoms with van der Waals surface area (Å²) in [5.41, 5.74) is 0.00605. The maximum absolute atomic E-state index is 12.6. The molecule has 150 valence electrons. The van der Waals surface area contributed by atoms with Crippen molar-refractivity contribution < 1.29 is 21.6 Å². The van der Waals surface area contributed by atoms with Gasteiger partial charge in [0.2, 0.25) is 0 Å². The zero-order valence-corrected chi connectivity index (χ0v) is 18.2. The molecule has 1 N–H and O–H groups in total. The fraction of sp³-hybridized carbons (Fsp3) is 0.562. The van der Waals surface area contributed by atoms with Crippen molar-refractivity contribution in [3.05, 3.63) is 35.4 Å². The average molecular weight is 507 g/mol. The fourth-order valence-corrected chi connectivity index (χ4v) is 2.71. The summed E-state index contributed by atoms with van der Waals surface area (Å²) in [6.07, 6.45) is -4.36. The largest absolute Gasteiger partial charge is 0.416 e. The van der Waals surface area contributed by atoms with Gasteiger partial charge in [0.1, 0.15) is 0 Å². The Morgan fingerprint density at radius 2 is 1.77 bits per heavy atom. The molecule has 0 amide bonds. The van der Waals surface area contributed by atoms with Crippen LogP contribution in [0.1, 0.15) is 25.0 Å². The standard InChI is InChI=1S/C16H24F3N3O2S.HI/c1-4-20-15(21-10-11-25(23,24)5-2)22(3)12-13-6-8-14(9-7-13)16(17,18)19;/h6-9H,4-5,10-12H2,1-3H3,(H,20,21);1H. The molecule has 1 aromatic carbocycles. The van der Waals surface area contributed by atoms with Crippen molar-refractivity contribution in [2.24, 2.45) is 4.99 Å². The Bertz CT molecular complexity index is 677. The summed E-state index contributed by atoms with van der Waals surface area (Å²) in [7, 11) is -1.35. The van der Waals surface area contributed by atoms with E-state index in [0.717, 1.165) is 12.1 Å². The summed E-state index contributed by atoms with van der Waals surface area (Å²) in [5.74, 6) is 0.543. The molecule has 0 aliphatic heterocycles. The highest BCUT2D eigenvalue weighted by atomic mass is 127. The van der Waals surface area contributed by atoms with Gasteiger partial charge in [-0.05, 0) is 24.6 Å². The first kappa shape index (κ1) is 25.0. The van der Waals surface area contributed by atoms with E-state index in [2.05, 4.69) is 10.3 Å². The first-order chi connectivity index (χ1) is 11.6. The number of nitrogens with one attached hydrogen (secondary N) is 1. The number of alkyl halides is 3. The third-order valence-electron chi connectivity index (χ3n) is 3.50. The molecule has 26 heavy (non-hydrogen) atoms. The number of hydrogen-bond donors (Lipinski definition) is 1. The first-order valence-corrected chi connectivity index (χ1v) is 9.77.